The molecule has 0 radical (unpaired) electrons. The summed E-state index contributed by atoms with van der Waals surface area (Å²) in [5.41, 5.74) is 0. The second kappa shape index (κ2) is 1.94. The quantitative estimate of drug-likeness (QED) is 0.280. The fraction of sp³-hybridized carbons (Fsp3) is 0.500. The van der Waals surface area contributed by atoms with E-state index in [4.69, 9.17) is 5.84 Å². The third-order valence-electron chi connectivity index (χ3n) is 0.524. The van der Waals surface area contributed by atoms with E-state index in [1.165, 1.54) is 16.4 Å². The number of rotatable bonds is 0. The van der Waals surface area contributed by atoms with E-state index < -0.39 is 0 Å². The van der Waals surface area contributed by atoms with Gasteiger partial charge in [-0.2, -0.15) is 0 Å². The Morgan fingerprint density at radius 1 is 2.00 bits per heavy atom. The van der Waals surface area contributed by atoms with Gasteiger partial charge in [0.1, 0.15) is 6.34 Å². The van der Waals surface area contributed by atoms with Crippen molar-refractivity contribution < 1.29 is 0 Å². The Balaban J connectivity index is 2.42. The predicted octanol–water partition coefficient (Wildman–Crippen LogP) is 0.0656. The molecule has 0 amide bonds. The number of thiol groups is 1. The molecular weight excluding hydrogens is 130 g/mol. The van der Waals surface area contributed by atoms with Crippen LogP contribution in [0.3, 0.4) is 0 Å². The van der Waals surface area contributed by atoms with E-state index in [0.717, 1.165) is 0 Å². The maximum atomic E-state index is 5.22. The molecule has 1 aliphatic heterocycles. The molecule has 7 heavy (non-hydrogen) atoms. The minimum absolute atomic E-state index is 0.00463. The summed E-state index contributed by atoms with van der Waals surface area (Å²) in [7, 11) is 0. The van der Waals surface area contributed by atoms with Gasteiger partial charge in [-0.05, 0) is 0 Å². The van der Waals surface area contributed by atoms with E-state index in [2.05, 4.69) is 17.6 Å². The van der Waals surface area contributed by atoms with Crippen LogP contribution in [0.1, 0.15) is 0 Å². The molecule has 0 saturated carbocycles. The second-order valence-electron chi connectivity index (χ2n) is 1.06. The minimum atomic E-state index is 0.00463. The van der Waals surface area contributed by atoms with E-state index in [1.54, 1.807) is 6.34 Å². The highest BCUT2D eigenvalue weighted by molar-refractivity contribution is 8.09. The van der Waals surface area contributed by atoms with Gasteiger partial charge in [0, 0.05) is 11.9 Å². The summed E-state index contributed by atoms with van der Waals surface area (Å²) in [6.07, 6.45) is 1.54. The Labute approximate surface area is 51.5 Å². The Morgan fingerprint density at radius 2 is 2.71 bits per heavy atom. The van der Waals surface area contributed by atoms with Gasteiger partial charge >= 0.3 is 0 Å². The second-order valence-corrected chi connectivity index (χ2v) is 2.97. The molecule has 1 aliphatic rings. The molecule has 1 unspecified atom stereocenters. The minimum Gasteiger partial charge on any atom is -0.247 e. The molecule has 3 nitrogen and oxygen atoms in total. The highest BCUT2D eigenvalue weighted by Gasteiger charge is 2.09. The van der Waals surface area contributed by atoms with Crippen LogP contribution in [0.2, 0.25) is 0 Å². The van der Waals surface area contributed by atoms with Crippen LogP contribution in [0.15, 0.2) is 4.99 Å². The van der Waals surface area contributed by atoms with Crippen molar-refractivity contribution in [2.75, 3.05) is 0 Å². The molecule has 0 spiro atoms. The summed E-state index contributed by atoms with van der Waals surface area (Å²) in [5.74, 6) is 5.22. The Morgan fingerprint density at radius 3 is 2.86 bits per heavy atom. The molecule has 1 atom stereocenters. The van der Waals surface area contributed by atoms with E-state index in [9.17, 15) is 0 Å². The molecule has 0 aliphatic carbocycles. The van der Waals surface area contributed by atoms with Crippen molar-refractivity contribution in [2.24, 2.45) is 10.8 Å². The monoisotopic (exact) mass is 135 g/mol. The number of nitrogens with two attached hydrogens (primary N) is 1. The summed E-state index contributed by atoms with van der Waals surface area (Å²) in [6.45, 7) is 0. The topological polar surface area (TPSA) is 41.6 Å². The van der Waals surface area contributed by atoms with Crippen molar-refractivity contribution >= 4 is 30.9 Å². The first-order valence-electron chi connectivity index (χ1n) is 1.71. The van der Waals surface area contributed by atoms with Crippen molar-refractivity contribution in [3.63, 3.8) is 0 Å². The zero-order valence-corrected chi connectivity index (χ0v) is 5.19. The van der Waals surface area contributed by atoms with Crippen LogP contribution >= 0.6 is 24.6 Å². The van der Waals surface area contributed by atoms with Crippen LogP contribution in [-0.4, -0.2) is 15.5 Å². The lowest BCUT2D eigenvalue weighted by atomic mass is 11.2. The number of aliphatic imine (C=N–C) groups is 1. The molecule has 0 fully saturated rings. The summed E-state index contributed by atoms with van der Waals surface area (Å²) in [4.78, 5) is 3.82. The molecule has 1 rings (SSSR count). The predicted molar refractivity (Wildman–Crippen MR) is 34.9 cm³/mol. The number of hydrazine groups is 1. The Hall–Kier alpha value is 0.130. The Kier molecular flexibility index (Phi) is 1.46. The summed E-state index contributed by atoms with van der Waals surface area (Å²) in [6, 6.07) is 0. The Bertz CT molecular complexity index is 82.9. The molecule has 5 heteroatoms. The standard InChI is InChI=1S/C2H5N3S2/c3-5-1-4-2(6)7-5/h1-2,6H,3H2. The molecule has 0 aromatic rings. The lowest BCUT2D eigenvalue weighted by Gasteiger charge is -2.01. The van der Waals surface area contributed by atoms with E-state index >= 15 is 0 Å². The third-order valence-corrected chi connectivity index (χ3v) is 1.59. The van der Waals surface area contributed by atoms with Crippen LogP contribution in [0.4, 0.5) is 0 Å². The zero-order chi connectivity index (χ0) is 5.28. The maximum Gasteiger partial charge on any atom is 0.160 e. The number of hydrogen-bond acceptors (Lipinski definition) is 5. The summed E-state index contributed by atoms with van der Waals surface area (Å²) >= 11 is 5.37. The van der Waals surface area contributed by atoms with Crippen molar-refractivity contribution in [2.45, 2.75) is 4.71 Å². The molecule has 1 heterocycles. The lowest BCUT2D eigenvalue weighted by molar-refractivity contribution is 0.768. The van der Waals surface area contributed by atoms with Gasteiger partial charge in [-0.1, -0.05) is 0 Å². The van der Waals surface area contributed by atoms with Crippen molar-refractivity contribution in [1.29, 1.82) is 0 Å². The molecular formula is C2H5N3S2. The molecule has 0 aromatic carbocycles. The van der Waals surface area contributed by atoms with Crippen LogP contribution in [0.5, 0.6) is 0 Å². The van der Waals surface area contributed by atoms with Gasteiger partial charge in [0.15, 0.2) is 4.71 Å². The zero-order valence-electron chi connectivity index (χ0n) is 3.48. The lowest BCUT2D eigenvalue weighted by Crippen LogP contribution is -2.17. The fourth-order valence-electron chi connectivity index (χ4n) is 0.286. The van der Waals surface area contributed by atoms with Crippen LogP contribution < -0.4 is 5.84 Å². The van der Waals surface area contributed by atoms with Crippen LogP contribution in [0, 0.1) is 0 Å². The SMILES string of the molecule is NN1C=NC(S)S1. The first-order chi connectivity index (χ1) is 3.29. The average Bonchev–Trinajstić information content (AvgIpc) is 1.87. The third kappa shape index (κ3) is 1.25. The smallest absolute Gasteiger partial charge is 0.160 e. The molecule has 0 bridgehead atoms. The molecule has 2 N–H and O–H groups in total. The number of hydrogen-bond donors (Lipinski definition) is 2. The van der Waals surface area contributed by atoms with E-state index in [0.29, 0.717) is 0 Å². The van der Waals surface area contributed by atoms with Gasteiger partial charge in [-0.25, -0.2) is 15.2 Å². The summed E-state index contributed by atoms with van der Waals surface area (Å²) in [5, 5.41) is 0. The van der Waals surface area contributed by atoms with Gasteiger partial charge in [0.2, 0.25) is 0 Å². The van der Waals surface area contributed by atoms with Crippen molar-refractivity contribution in [3.05, 3.63) is 0 Å². The molecule has 40 valence electrons. The summed E-state index contributed by atoms with van der Waals surface area (Å²) < 4.78 is 1.43. The highest BCUT2D eigenvalue weighted by Crippen LogP contribution is 2.21. The molecule has 0 saturated heterocycles. The van der Waals surface area contributed by atoms with Gasteiger partial charge in [-0.15, -0.1) is 12.6 Å². The molecule has 0 aromatic heterocycles. The van der Waals surface area contributed by atoms with Gasteiger partial charge in [0.05, 0.1) is 0 Å². The van der Waals surface area contributed by atoms with Gasteiger partial charge in [-0.3, -0.25) is 0 Å². The highest BCUT2D eigenvalue weighted by atomic mass is 32.2. The van der Waals surface area contributed by atoms with Crippen molar-refractivity contribution in [1.82, 2.24) is 4.41 Å². The average molecular weight is 135 g/mol. The van der Waals surface area contributed by atoms with E-state index in [-0.39, 0.29) is 4.71 Å². The van der Waals surface area contributed by atoms with Crippen molar-refractivity contribution in [3.8, 4) is 0 Å². The van der Waals surface area contributed by atoms with Gasteiger partial charge < -0.3 is 0 Å². The van der Waals surface area contributed by atoms with Crippen LogP contribution in [0.25, 0.3) is 0 Å². The van der Waals surface area contributed by atoms with E-state index in [1.807, 2.05) is 0 Å². The van der Waals surface area contributed by atoms with Gasteiger partial charge in [0.25, 0.3) is 0 Å². The largest absolute Gasteiger partial charge is 0.247 e. The van der Waals surface area contributed by atoms with Crippen LogP contribution in [-0.2, 0) is 0 Å². The maximum absolute atomic E-state index is 5.22. The fourth-order valence-corrected chi connectivity index (χ4v) is 1.11. The normalized spacial score (nSPS) is 29.4. The first-order valence-corrected chi connectivity index (χ1v) is 3.06. The number of nitrogens with zero attached hydrogens (tertiary/aromatic N) is 2. The first kappa shape index (κ1) is 5.27.